The lowest BCUT2D eigenvalue weighted by Gasteiger charge is -2.14. The molecular formula is C18H15NO6. The number of hydrogen-bond acceptors (Lipinski definition) is 6. The van der Waals surface area contributed by atoms with E-state index in [1.807, 2.05) is 0 Å². The van der Waals surface area contributed by atoms with Crippen LogP contribution < -0.4 is 0 Å². The first kappa shape index (κ1) is 18.0. The molecule has 25 heavy (non-hydrogen) atoms. The van der Waals surface area contributed by atoms with Gasteiger partial charge in [0.1, 0.15) is 0 Å². The molecule has 2 rings (SSSR count). The van der Waals surface area contributed by atoms with Crippen LogP contribution in [0, 0.1) is 16.0 Å². The van der Waals surface area contributed by atoms with Crippen molar-refractivity contribution in [3.05, 3.63) is 75.8 Å². The average molecular weight is 341 g/mol. The zero-order valence-corrected chi connectivity index (χ0v) is 13.4. The van der Waals surface area contributed by atoms with E-state index in [0.29, 0.717) is 0 Å². The molecule has 0 bridgehead atoms. The molecule has 0 amide bonds. The number of Topliss-reactive ketones (excluding diaryl/α,β-unsaturated/α-hetero) is 2. The first-order valence-electron chi connectivity index (χ1n) is 7.51. The van der Waals surface area contributed by atoms with Gasteiger partial charge in [0.15, 0.2) is 17.5 Å². The van der Waals surface area contributed by atoms with Crippen LogP contribution in [0.5, 0.6) is 0 Å². The van der Waals surface area contributed by atoms with Crippen LogP contribution in [-0.4, -0.2) is 29.1 Å². The third-order valence-electron chi connectivity index (χ3n) is 3.47. The molecule has 7 nitrogen and oxygen atoms in total. The number of carbonyl (C=O) groups is 3. The monoisotopic (exact) mass is 341 g/mol. The highest BCUT2D eigenvalue weighted by atomic mass is 16.6. The molecule has 0 saturated carbocycles. The van der Waals surface area contributed by atoms with Crippen LogP contribution in [0.15, 0.2) is 54.6 Å². The zero-order valence-electron chi connectivity index (χ0n) is 13.4. The van der Waals surface area contributed by atoms with Gasteiger partial charge in [-0.3, -0.25) is 24.5 Å². The summed E-state index contributed by atoms with van der Waals surface area (Å²) in [5.41, 5.74) is -0.634. The Morgan fingerprint density at radius 1 is 1.00 bits per heavy atom. The Bertz CT molecular complexity index is 815. The van der Waals surface area contributed by atoms with Crippen LogP contribution in [0.1, 0.15) is 27.6 Å². The lowest BCUT2D eigenvalue weighted by Crippen LogP contribution is -2.34. The van der Waals surface area contributed by atoms with E-state index in [0.717, 1.165) is 6.07 Å². The number of nitrogens with zero attached hydrogens (tertiary/aromatic N) is 1. The minimum Gasteiger partial charge on any atom is -0.465 e. The van der Waals surface area contributed by atoms with Gasteiger partial charge in [-0.05, 0) is 13.0 Å². The normalized spacial score (nSPS) is 11.4. The Morgan fingerprint density at radius 3 is 2.20 bits per heavy atom. The molecule has 0 spiro atoms. The van der Waals surface area contributed by atoms with E-state index in [4.69, 9.17) is 4.74 Å². The van der Waals surface area contributed by atoms with Crippen LogP contribution in [0.2, 0.25) is 0 Å². The van der Waals surface area contributed by atoms with Gasteiger partial charge in [0.05, 0.1) is 17.1 Å². The zero-order chi connectivity index (χ0) is 18.4. The van der Waals surface area contributed by atoms with Crippen molar-refractivity contribution < 1.29 is 24.0 Å². The van der Waals surface area contributed by atoms with Crippen molar-refractivity contribution in [1.29, 1.82) is 0 Å². The fourth-order valence-electron chi connectivity index (χ4n) is 2.32. The van der Waals surface area contributed by atoms with Crippen molar-refractivity contribution in [3.63, 3.8) is 0 Å². The van der Waals surface area contributed by atoms with Crippen molar-refractivity contribution in [2.75, 3.05) is 6.61 Å². The number of carbonyl (C=O) groups excluding carboxylic acids is 3. The summed E-state index contributed by atoms with van der Waals surface area (Å²) in [6, 6.07) is 13.0. The summed E-state index contributed by atoms with van der Waals surface area (Å²) >= 11 is 0. The van der Waals surface area contributed by atoms with E-state index in [1.54, 1.807) is 18.2 Å². The number of nitro groups is 1. The fraction of sp³-hybridized carbons (Fsp3) is 0.167. The van der Waals surface area contributed by atoms with Crippen LogP contribution in [-0.2, 0) is 9.53 Å². The lowest BCUT2D eigenvalue weighted by molar-refractivity contribution is -0.385. The first-order valence-corrected chi connectivity index (χ1v) is 7.51. The van der Waals surface area contributed by atoms with Gasteiger partial charge in [0.25, 0.3) is 5.69 Å². The van der Waals surface area contributed by atoms with Crippen LogP contribution >= 0.6 is 0 Å². The molecule has 128 valence electrons. The highest BCUT2D eigenvalue weighted by molar-refractivity contribution is 6.27. The van der Waals surface area contributed by atoms with Gasteiger partial charge < -0.3 is 4.74 Å². The van der Waals surface area contributed by atoms with Gasteiger partial charge in [-0.15, -0.1) is 0 Å². The van der Waals surface area contributed by atoms with Gasteiger partial charge in [-0.2, -0.15) is 0 Å². The molecule has 0 aliphatic heterocycles. The Balaban J connectivity index is 2.49. The standard InChI is InChI=1S/C18H15NO6/c1-2-25-18(22)15(16(20)12-8-4-3-5-9-12)17(21)13-10-6-7-11-14(13)19(23)24/h3-11,15H,2H2,1H3. The second-order valence-electron chi connectivity index (χ2n) is 5.05. The Hall–Kier alpha value is -3.35. The molecule has 0 aliphatic carbocycles. The number of para-hydroxylation sites is 1. The maximum atomic E-state index is 12.8. The molecule has 1 atom stereocenters. The molecule has 0 aliphatic rings. The van der Waals surface area contributed by atoms with E-state index < -0.39 is 34.1 Å². The number of ketones is 2. The predicted molar refractivity (Wildman–Crippen MR) is 88.3 cm³/mol. The summed E-state index contributed by atoms with van der Waals surface area (Å²) in [7, 11) is 0. The molecule has 2 aromatic carbocycles. The predicted octanol–water partition coefficient (Wildman–Crippen LogP) is 2.84. The minimum atomic E-state index is -1.79. The number of rotatable bonds is 7. The Labute approximate surface area is 143 Å². The molecule has 2 aromatic rings. The molecule has 7 heteroatoms. The number of benzene rings is 2. The highest BCUT2D eigenvalue weighted by Crippen LogP contribution is 2.24. The van der Waals surface area contributed by atoms with Crippen molar-refractivity contribution in [2.45, 2.75) is 6.92 Å². The quantitative estimate of drug-likeness (QED) is 0.252. The highest BCUT2D eigenvalue weighted by Gasteiger charge is 2.39. The van der Waals surface area contributed by atoms with Gasteiger partial charge >= 0.3 is 5.97 Å². The van der Waals surface area contributed by atoms with E-state index in [-0.39, 0.29) is 17.7 Å². The van der Waals surface area contributed by atoms with Crippen LogP contribution in [0.3, 0.4) is 0 Å². The minimum absolute atomic E-state index is 0.0262. The van der Waals surface area contributed by atoms with Gasteiger partial charge in [-0.1, -0.05) is 42.5 Å². The maximum absolute atomic E-state index is 12.8. The fourth-order valence-corrected chi connectivity index (χ4v) is 2.32. The SMILES string of the molecule is CCOC(=O)C(C(=O)c1ccccc1)C(=O)c1ccccc1[N+](=O)[O-]. The number of nitro benzene ring substituents is 1. The van der Waals surface area contributed by atoms with Crippen LogP contribution in [0.4, 0.5) is 5.69 Å². The topological polar surface area (TPSA) is 104 Å². The third-order valence-corrected chi connectivity index (χ3v) is 3.47. The molecule has 0 saturated heterocycles. The lowest BCUT2D eigenvalue weighted by atomic mass is 9.89. The summed E-state index contributed by atoms with van der Waals surface area (Å²) in [6.07, 6.45) is 0. The second-order valence-corrected chi connectivity index (χ2v) is 5.05. The summed E-state index contributed by atoms with van der Waals surface area (Å²) in [5.74, 6) is -4.54. The summed E-state index contributed by atoms with van der Waals surface area (Å²) in [6.45, 7) is 1.51. The van der Waals surface area contributed by atoms with Crippen molar-refractivity contribution in [3.8, 4) is 0 Å². The Kier molecular flexibility index (Phi) is 5.73. The number of hydrogen-bond donors (Lipinski definition) is 0. The largest absolute Gasteiger partial charge is 0.465 e. The van der Waals surface area contributed by atoms with E-state index in [1.165, 1.54) is 37.3 Å². The van der Waals surface area contributed by atoms with E-state index in [2.05, 4.69) is 0 Å². The summed E-state index contributed by atoms with van der Waals surface area (Å²) < 4.78 is 4.84. The van der Waals surface area contributed by atoms with Crippen LogP contribution in [0.25, 0.3) is 0 Å². The smallest absolute Gasteiger partial charge is 0.324 e. The molecular weight excluding hydrogens is 326 g/mol. The maximum Gasteiger partial charge on any atom is 0.324 e. The molecule has 0 fully saturated rings. The molecule has 0 N–H and O–H groups in total. The number of esters is 1. The van der Waals surface area contributed by atoms with Gasteiger partial charge in [-0.25, -0.2) is 0 Å². The molecule has 0 heterocycles. The van der Waals surface area contributed by atoms with Gasteiger partial charge in [0.2, 0.25) is 0 Å². The van der Waals surface area contributed by atoms with E-state index >= 15 is 0 Å². The first-order chi connectivity index (χ1) is 12.0. The summed E-state index contributed by atoms with van der Waals surface area (Å²) in [4.78, 5) is 48.1. The average Bonchev–Trinajstić information content (AvgIpc) is 2.62. The van der Waals surface area contributed by atoms with E-state index in [9.17, 15) is 24.5 Å². The molecule has 0 radical (unpaired) electrons. The van der Waals surface area contributed by atoms with Crippen molar-refractivity contribution in [1.82, 2.24) is 0 Å². The number of ether oxygens (including phenoxy) is 1. The molecule has 1 unspecified atom stereocenters. The molecule has 0 aromatic heterocycles. The third kappa shape index (κ3) is 3.95. The summed E-state index contributed by atoms with van der Waals surface area (Å²) in [5, 5.41) is 11.1. The second kappa shape index (κ2) is 7.96. The van der Waals surface area contributed by atoms with Gasteiger partial charge in [0, 0.05) is 11.6 Å². The Morgan fingerprint density at radius 2 is 1.60 bits per heavy atom. The van der Waals surface area contributed by atoms with Crippen molar-refractivity contribution in [2.24, 2.45) is 5.92 Å². The van der Waals surface area contributed by atoms with Crippen molar-refractivity contribution >= 4 is 23.2 Å².